The first kappa shape index (κ1) is 12.2. The van der Waals surface area contributed by atoms with E-state index in [0.29, 0.717) is 5.92 Å². The molecule has 3 rings (SSSR count). The number of rotatable bonds is 5. The first-order chi connectivity index (χ1) is 9.31. The highest BCUT2D eigenvalue weighted by molar-refractivity contribution is 5.44. The van der Waals surface area contributed by atoms with Gasteiger partial charge in [0.05, 0.1) is 0 Å². The van der Waals surface area contributed by atoms with E-state index in [-0.39, 0.29) is 0 Å². The van der Waals surface area contributed by atoms with E-state index in [2.05, 4.69) is 46.6 Å². The van der Waals surface area contributed by atoms with Gasteiger partial charge < -0.3 is 9.84 Å². The fourth-order valence-corrected chi connectivity index (χ4v) is 2.19. The average Bonchev–Trinajstić information content (AvgIpc) is 2.78. The Balaban J connectivity index is 1.49. The van der Waals surface area contributed by atoms with Crippen LogP contribution in [0.3, 0.4) is 0 Å². The molecular formula is C15H19N3O. The fraction of sp³-hybridized carbons (Fsp3) is 0.467. The molecular weight excluding hydrogens is 238 g/mol. The van der Waals surface area contributed by atoms with E-state index in [1.54, 1.807) is 0 Å². The van der Waals surface area contributed by atoms with E-state index in [4.69, 9.17) is 4.52 Å². The third-order valence-electron chi connectivity index (χ3n) is 3.67. The van der Waals surface area contributed by atoms with Gasteiger partial charge in [0.25, 0.3) is 0 Å². The molecule has 0 spiro atoms. The number of hydrogen-bond acceptors (Lipinski definition) is 4. The Morgan fingerprint density at radius 2 is 2.05 bits per heavy atom. The third kappa shape index (κ3) is 2.95. The minimum Gasteiger partial charge on any atom is -0.385 e. The van der Waals surface area contributed by atoms with E-state index >= 15 is 0 Å². The van der Waals surface area contributed by atoms with Crippen LogP contribution in [0.1, 0.15) is 42.5 Å². The summed E-state index contributed by atoms with van der Waals surface area (Å²) in [7, 11) is 0. The highest BCUT2D eigenvalue weighted by atomic mass is 16.5. The summed E-state index contributed by atoms with van der Waals surface area (Å²) < 4.78 is 5.28. The van der Waals surface area contributed by atoms with Gasteiger partial charge in [-0.3, -0.25) is 0 Å². The van der Waals surface area contributed by atoms with E-state index in [0.717, 1.165) is 30.4 Å². The highest BCUT2D eigenvalue weighted by Gasteiger charge is 2.24. The molecule has 0 radical (unpaired) electrons. The lowest BCUT2D eigenvalue weighted by Gasteiger charge is -2.20. The molecule has 0 atom stereocenters. The Morgan fingerprint density at radius 1 is 1.26 bits per heavy atom. The maximum Gasteiger partial charge on any atom is 0.228 e. The molecule has 1 heterocycles. The van der Waals surface area contributed by atoms with Crippen molar-refractivity contribution in [3.05, 3.63) is 41.5 Å². The molecule has 2 aromatic rings. The summed E-state index contributed by atoms with van der Waals surface area (Å²) in [5, 5.41) is 7.42. The lowest BCUT2D eigenvalue weighted by molar-refractivity contribution is 0.348. The van der Waals surface area contributed by atoms with Crippen molar-refractivity contribution in [2.24, 2.45) is 0 Å². The van der Waals surface area contributed by atoms with Crippen molar-refractivity contribution in [1.82, 2.24) is 10.1 Å². The monoisotopic (exact) mass is 257 g/mol. The zero-order chi connectivity index (χ0) is 13.1. The number of nitrogens with zero attached hydrogens (tertiary/aromatic N) is 2. The first-order valence-corrected chi connectivity index (χ1v) is 6.94. The molecule has 0 aliphatic heterocycles. The number of nitrogens with one attached hydrogen (secondary N) is 1. The Bertz CT molecular complexity index is 529. The maximum atomic E-state index is 5.28. The van der Waals surface area contributed by atoms with Crippen LogP contribution >= 0.6 is 0 Å². The molecule has 1 fully saturated rings. The summed E-state index contributed by atoms with van der Waals surface area (Å²) in [6.07, 6.45) is 4.48. The fourth-order valence-electron chi connectivity index (χ4n) is 2.19. The summed E-state index contributed by atoms with van der Waals surface area (Å²) in [5.74, 6) is 2.18. The quantitative estimate of drug-likeness (QED) is 0.893. The topological polar surface area (TPSA) is 51.0 Å². The molecule has 0 saturated heterocycles. The van der Waals surface area contributed by atoms with Gasteiger partial charge in [-0.05, 0) is 31.9 Å². The molecule has 0 bridgehead atoms. The van der Waals surface area contributed by atoms with Crippen molar-refractivity contribution < 1.29 is 4.52 Å². The van der Waals surface area contributed by atoms with Crippen LogP contribution in [0.15, 0.2) is 28.8 Å². The van der Waals surface area contributed by atoms with Crippen LogP contribution in [-0.2, 0) is 6.42 Å². The normalized spacial score (nSPS) is 15.2. The molecule has 1 aliphatic carbocycles. The molecule has 1 N–H and O–H groups in total. The van der Waals surface area contributed by atoms with Gasteiger partial charge in [0.2, 0.25) is 5.89 Å². The number of aryl methyl sites for hydroxylation is 1. The standard InChI is InChI=1S/C15H19N3O/c1-11-5-7-13(8-6-11)16-10-9-14-17-15(18-19-14)12-3-2-4-12/h5-8,12,16H,2-4,9-10H2,1H3. The van der Waals surface area contributed by atoms with Crippen molar-refractivity contribution in [2.45, 2.75) is 38.5 Å². The van der Waals surface area contributed by atoms with E-state index < -0.39 is 0 Å². The van der Waals surface area contributed by atoms with Gasteiger partial charge in [0.1, 0.15) is 0 Å². The zero-order valence-electron chi connectivity index (χ0n) is 11.2. The lowest BCUT2D eigenvalue weighted by atomic mass is 9.85. The van der Waals surface area contributed by atoms with Crippen molar-refractivity contribution in [3.8, 4) is 0 Å². The van der Waals surface area contributed by atoms with E-state index in [1.807, 2.05) is 0 Å². The van der Waals surface area contributed by atoms with Gasteiger partial charge in [-0.15, -0.1) is 0 Å². The van der Waals surface area contributed by atoms with Crippen molar-refractivity contribution in [1.29, 1.82) is 0 Å². The number of hydrogen-bond donors (Lipinski definition) is 1. The minimum atomic E-state index is 0.544. The van der Waals surface area contributed by atoms with Gasteiger partial charge in [0.15, 0.2) is 5.82 Å². The minimum absolute atomic E-state index is 0.544. The smallest absolute Gasteiger partial charge is 0.228 e. The third-order valence-corrected chi connectivity index (χ3v) is 3.67. The van der Waals surface area contributed by atoms with Crippen LogP contribution in [0.5, 0.6) is 0 Å². The number of aromatic nitrogens is 2. The van der Waals surface area contributed by atoms with Crippen LogP contribution < -0.4 is 5.32 Å². The Hall–Kier alpha value is -1.84. The summed E-state index contributed by atoms with van der Waals surface area (Å²) in [5.41, 5.74) is 2.40. The van der Waals surface area contributed by atoms with Gasteiger partial charge in [-0.25, -0.2) is 0 Å². The largest absolute Gasteiger partial charge is 0.385 e. The van der Waals surface area contributed by atoms with Crippen LogP contribution in [-0.4, -0.2) is 16.7 Å². The highest BCUT2D eigenvalue weighted by Crippen LogP contribution is 2.34. The molecule has 1 aromatic heterocycles. The second-order valence-corrected chi connectivity index (χ2v) is 5.22. The maximum absolute atomic E-state index is 5.28. The predicted molar refractivity (Wildman–Crippen MR) is 74.3 cm³/mol. The molecule has 0 unspecified atom stereocenters. The van der Waals surface area contributed by atoms with Crippen molar-refractivity contribution in [2.75, 3.05) is 11.9 Å². The molecule has 19 heavy (non-hydrogen) atoms. The number of benzene rings is 1. The van der Waals surface area contributed by atoms with Gasteiger partial charge >= 0.3 is 0 Å². The number of anilines is 1. The molecule has 1 saturated carbocycles. The second kappa shape index (κ2) is 5.43. The van der Waals surface area contributed by atoms with Crippen LogP contribution in [0.4, 0.5) is 5.69 Å². The first-order valence-electron chi connectivity index (χ1n) is 6.94. The van der Waals surface area contributed by atoms with Crippen molar-refractivity contribution >= 4 is 5.69 Å². The molecule has 1 aromatic carbocycles. The predicted octanol–water partition coefficient (Wildman–Crippen LogP) is 3.30. The average molecular weight is 257 g/mol. The molecule has 4 heteroatoms. The van der Waals surface area contributed by atoms with Crippen LogP contribution in [0.2, 0.25) is 0 Å². The SMILES string of the molecule is Cc1ccc(NCCc2nc(C3CCC3)no2)cc1. The van der Waals surface area contributed by atoms with Crippen molar-refractivity contribution in [3.63, 3.8) is 0 Å². The molecule has 100 valence electrons. The summed E-state index contributed by atoms with van der Waals surface area (Å²) in [6.45, 7) is 2.90. The second-order valence-electron chi connectivity index (χ2n) is 5.22. The van der Waals surface area contributed by atoms with Crippen LogP contribution in [0.25, 0.3) is 0 Å². The molecule has 0 amide bonds. The van der Waals surface area contributed by atoms with Gasteiger partial charge in [-0.1, -0.05) is 29.3 Å². The molecule has 1 aliphatic rings. The van der Waals surface area contributed by atoms with Crippen LogP contribution in [0, 0.1) is 6.92 Å². The van der Waals surface area contributed by atoms with Gasteiger partial charge in [-0.2, -0.15) is 4.98 Å². The summed E-state index contributed by atoms with van der Waals surface area (Å²) in [4.78, 5) is 4.46. The Morgan fingerprint density at radius 3 is 2.74 bits per heavy atom. The van der Waals surface area contributed by atoms with Gasteiger partial charge in [0, 0.05) is 24.6 Å². The Labute approximate surface area is 113 Å². The Kier molecular flexibility index (Phi) is 3.49. The summed E-state index contributed by atoms with van der Waals surface area (Å²) >= 11 is 0. The van der Waals surface area contributed by atoms with E-state index in [9.17, 15) is 0 Å². The van der Waals surface area contributed by atoms with E-state index in [1.165, 1.54) is 24.8 Å². The lowest BCUT2D eigenvalue weighted by Crippen LogP contribution is -2.10. The summed E-state index contributed by atoms with van der Waals surface area (Å²) in [6, 6.07) is 8.37. The zero-order valence-corrected chi connectivity index (χ0v) is 11.2. The molecule has 4 nitrogen and oxygen atoms in total.